The van der Waals surface area contributed by atoms with Gasteiger partial charge in [-0.25, -0.2) is 0 Å². The highest BCUT2D eigenvalue weighted by molar-refractivity contribution is 5.26. The topological polar surface area (TPSA) is 26.2 Å². The van der Waals surface area contributed by atoms with E-state index in [-0.39, 0.29) is 0 Å². The number of hydrogen-bond donors (Lipinski definition) is 1. The van der Waals surface area contributed by atoms with Crippen LogP contribution in [0.25, 0.3) is 0 Å². The van der Waals surface area contributed by atoms with Gasteiger partial charge in [-0.2, -0.15) is 5.48 Å². The Balaban J connectivity index is 2.83. The van der Waals surface area contributed by atoms with Crippen LogP contribution in [0.15, 0.2) is 6.07 Å². The highest BCUT2D eigenvalue weighted by atomic mass is 16.6. The lowest BCUT2D eigenvalue weighted by molar-refractivity contribution is 0.0865. The second kappa shape index (κ2) is 4.44. The number of nitrogens with one attached hydrogen (secondary N) is 1. The number of hydroxylamine groups is 1. The first-order valence-electron chi connectivity index (χ1n) is 4.62. The Morgan fingerprint density at radius 3 is 2.62 bits per heavy atom. The van der Waals surface area contributed by atoms with E-state index >= 15 is 0 Å². The van der Waals surface area contributed by atoms with Crippen molar-refractivity contribution in [1.82, 2.24) is 10.0 Å². The van der Waals surface area contributed by atoms with Gasteiger partial charge in [0.2, 0.25) is 0 Å². The Kier molecular flexibility index (Phi) is 3.51. The zero-order valence-electron chi connectivity index (χ0n) is 8.85. The van der Waals surface area contributed by atoms with Gasteiger partial charge in [-0.3, -0.25) is 0 Å². The summed E-state index contributed by atoms with van der Waals surface area (Å²) in [7, 11) is 1.64. The van der Waals surface area contributed by atoms with Crippen molar-refractivity contribution in [3.8, 4) is 0 Å². The van der Waals surface area contributed by atoms with Crippen molar-refractivity contribution in [3.63, 3.8) is 0 Å². The van der Waals surface area contributed by atoms with E-state index in [2.05, 4.69) is 36.9 Å². The molecule has 0 unspecified atom stereocenters. The lowest BCUT2D eigenvalue weighted by Gasteiger charge is -2.06. The van der Waals surface area contributed by atoms with Gasteiger partial charge in [0.05, 0.1) is 7.11 Å². The van der Waals surface area contributed by atoms with Crippen LogP contribution in [-0.4, -0.2) is 11.7 Å². The molecule has 0 radical (unpaired) electrons. The summed E-state index contributed by atoms with van der Waals surface area (Å²) >= 11 is 0. The van der Waals surface area contributed by atoms with Crippen molar-refractivity contribution in [2.45, 2.75) is 33.9 Å². The monoisotopic (exact) mass is 182 g/mol. The van der Waals surface area contributed by atoms with Gasteiger partial charge < -0.3 is 9.40 Å². The second-order valence-electron chi connectivity index (χ2n) is 3.17. The van der Waals surface area contributed by atoms with Gasteiger partial charge in [0.15, 0.2) is 0 Å². The molecule has 0 fully saturated rings. The molecule has 74 valence electrons. The van der Waals surface area contributed by atoms with Crippen LogP contribution in [0.1, 0.15) is 23.9 Å². The number of rotatable bonds is 4. The SMILES string of the molecule is CCn1c(C)cc(CNOC)c1C. The third-order valence-electron chi connectivity index (χ3n) is 2.40. The minimum Gasteiger partial charge on any atom is -0.349 e. The van der Waals surface area contributed by atoms with E-state index in [1.54, 1.807) is 7.11 Å². The molecular formula is C10H18N2O. The fraction of sp³-hybridized carbons (Fsp3) is 0.600. The molecule has 1 heterocycles. The van der Waals surface area contributed by atoms with Crippen LogP contribution >= 0.6 is 0 Å². The number of aryl methyl sites for hydroxylation is 1. The first-order valence-corrected chi connectivity index (χ1v) is 4.62. The Morgan fingerprint density at radius 1 is 1.46 bits per heavy atom. The zero-order chi connectivity index (χ0) is 9.84. The molecule has 1 N–H and O–H groups in total. The lowest BCUT2D eigenvalue weighted by Crippen LogP contribution is -2.11. The molecule has 0 bridgehead atoms. The van der Waals surface area contributed by atoms with Gasteiger partial charge in [0.25, 0.3) is 0 Å². The average molecular weight is 182 g/mol. The summed E-state index contributed by atoms with van der Waals surface area (Å²) < 4.78 is 2.30. The van der Waals surface area contributed by atoms with Gasteiger partial charge in [0.1, 0.15) is 0 Å². The van der Waals surface area contributed by atoms with Gasteiger partial charge in [-0.05, 0) is 32.4 Å². The summed E-state index contributed by atoms with van der Waals surface area (Å²) in [6.45, 7) is 8.24. The molecule has 1 aromatic heterocycles. The van der Waals surface area contributed by atoms with Crippen molar-refractivity contribution in [2.24, 2.45) is 0 Å². The van der Waals surface area contributed by atoms with Crippen LogP contribution in [-0.2, 0) is 17.9 Å². The molecule has 0 spiro atoms. The van der Waals surface area contributed by atoms with E-state index in [4.69, 9.17) is 4.84 Å². The maximum absolute atomic E-state index is 4.82. The van der Waals surface area contributed by atoms with Crippen LogP contribution in [0.5, 0.6) is 0 Å². The molecule has 0 aromatic carbocycles. The van der Waals surface area contributed by atoms with E-state index < -0.39 is 0 Å². The van der Waals surface area contributed by atoms with Crippen molar-refractivity contribution in [3.05, 3.63) is 23.0 Å². The number of hydrogen-bond acceptors (Lipinski definition) is 2. The molecule has 0 aliphatic heterocycles. The second-order valence-corrected chi connectivity index (χ2v) is 3.17. The fourth-order valence-corrected chi connectivity index (χ4v) is 1.69. The molecule has 0 saturated heterocycles. The minimum atomic E-state index is 0.774. The van der Waals surface area contributed by atoms with E-state index in [1.165, 1.54) is 17.0 Å². The largest absolute Gasteiger partial charge is 0.349 e. The Morgan fingerprint density at radius 2 is 2.15 bits per heavy atom. The highest BCUT2D eigenvalue weighted by Crippen LogP contribution is 2.14. The number of aromatic nitrogens is 1. The molecule has 3 heteroatoms. The van der Waals surface area contributed by atoms with Crippen LogP contribution in [0.4, 0.5) is 0 Å². The Labute approximate surface area is 79.7 Å². The predicted octanol–water partition coefficient (Wildman–Crippen LogP) is 1.78. The summed E-state index contributed by atoms with van der Waals surface area (Å²) in [4.78, 5) is 4.82. The average Bonchev–Trinajstić information content (AvgIpc) is 2.38. The summed E-state index contributed by atoms with van der Waals surface area (Å²) in [5, 5.41) is 0. The molecular weight excluding hydrogens is 164 g/mol. The molecule has 0 saturated carbocycles. The molecule has 0 aliphatic rings. The third kappa shape index (κ3) is 2.11. The molecule has 0 aliphatic carbocycles. The predicted molar refractivity (Wildman–Crippen MR) is 53.4 cm³/mol. The van der Waals surface area contributed by atoms with Crippen LogP contribution < -0.4 is 5.48 Å². The third-order valence-corrected chi connectivity index (χ3v) is 2.40. The first-order chi connectivity index (χ1) is 6.20. The standard InChI is InChI=1S/C10H18N2O/c1-5-12-8(2)6-10(9(12)3)7-11-13-4/h6,11H,5,7H2,1-4H3. The van der Waals surface area contributed by atoms with E-state index in [9.17, 15) is 0 Å². The maximum atomic E-state index is 4.82. The molecule has 1 aromatic rings. The van der Waals surface area contributed by atoms with Crippen molar-refractivity contribution >= 4 is 0 Å². The summed E-state index contributed by atoms with van der Waals surface area (Å²) in [5.41, 5.74) is 6.80. The van der Waals surface area contributed by atoms with Gasteiger partial charge in [-0.1, -0.05) is 0 Å². The quantitative estimate of drug-likeness (QED) is 0.718. The highest BCUT2D eigenvalue weighted by Gasteiger charge is 2.06. The van der Waals surface area contributed by atoms with Crippen molar-refractivity contribution in [1.29, 1.82) is 0 Å². The maximum Gasteiger partial charge on any atom is 0.0572 e. The number of nitrogens with zero attached hydrogens (tertiary/aromatic N) is 1. The van der Waals surface area contributed by atoms with Crippen molar-refractivity contribution in [2.75, 3.05) is 7.11 Å². The Hall–Kier alpha value is -0.800. The molecule has 3 nitrogen and oxygen atoms in total. The molecule has 13 heavy (non-hydrogen) atoms. The van der Waals surface area contributed by atoms with E-state index in [0.717, 1.165) is 13.1 Å². The van der Waals surface area contributed by atoms with Crippen LogP contribution in [0.2, 0.25) is 0 Å². The van der Waals surface area contributed by atoms with E-state index in [1.807, 2.05) is 0 Å². The van der Waals surface area contributed by atoms with Crippen LogP contribution in [0, 0.1) is 13.8 Å². The molecule has 0 atom stereocenters. The normalized spacial score (nSPS) is 10.8. The molecule has 1 rings (SSSR count). The van der Waals surface area contributed by atoms with Crippen LogP contribution in [0.3, 0.4) is 0 Å². The van der Waals surface area contributed by atoms with Gasteiger partial charge in [0, 0.05) is 24.5 Å². The first kappa shape index (κ1) is 10.3. The summed E-state index contributed by atoms with van der Waals surface area (Å²) in [5.74, 6) is 0. The smallest absolute Gasteiger partial charge is 0.0572 e. The van der Waals surface area contributed by atoms with Gasteiger partial charge in [-0.15, -0.1) is 0 Å². The summed E-state index contributed by atoms with van der Waals surface area (Å²) in [6.07, 6.45) is 0. The fourth-order valence-electron chi connectivity index (χ4n) is 1.69. The lowest BCUT2D eigenvalue weighted by atomic mass is 10.2. The summed E-state index contributed by atoms with van der Waals surface area (Å²) in [6, 6.07) is 2.20. The Bertz CT molecular complexity index is 279. The van der Waals surface area contributed by atoms with Gasteiger partial charge >= 0.3 is 0 Å². The zero-order valence-corrected chi connectivity index (χ0v) is 8.85. The minimum absolute atomic E-state index is 0.774. The van der Waals surface area contributed by atoms with E-state index in [0.29, 0.717) is 0 Å². The van der Waals surface area contributed by atoms with Crippen molar-refractivity contribution < 1.29 is 4.84 Å². The molecule has 0 amide bonds.